The lowest BCUT2D eigenvalue weighted by atomic mass is 9.63. The molecule has 0 radical (unpaired) electrons. The van der Waals surface area contributed by atoms with Crippen molar-refractivity contribution in [1.82, 2.24) is 0 Å². The summed E-state index contributed by atoms with van der Waals surface area (Å²) in [6.07, 6.45) is 5.38. The molecule has 3 fully saturated rings. The second kappa shape index (κ2) is 7.98. The highest BCUT2D eigenvalue weighted by molar-refractivity contribution is 6.02. The third kappa shape index (κ3) is 2.96. The molecule has 0 aromatic carbocycles. The topological polar surface area (TPSA) is 147 Å². The quantitative estimate of drug-likeness (QED) is 0.456. The first-order chi connectivity index (χ1) is 18.2. The van der Waals surface area contributed by atoms with E-state index in [0.717, 1.165) is 0 Å². The second-order valence-corrected chi connectivity index (χ2v) is 13.0. The van der Waals surface area contributed by atoms with Crippen LogP contribution in [-0.4, -0.2) is 67.8 Å². The first kappa shape index (κ1) is 26.6. The summed E-state index contributed by atoms with van der Waals surface area (Å²) in [5.74, 6) is -3.46. The molecule has 4 aliphatic carbocycles. The first-order valence-electron chi connectivity index (χ1n) is 13.9. The Morgan fingerprint density at radius 1 is 0.846 bits per heavy atom. The Balaban J connectivity index is 1.33. The highest BCUT2D eigenvalue weighted by Crippen LogP contribution is 2.59. The number of carbonyl (C=O) groups excluding carboxylic acids is 4. The fraction of sp³-hybridized carbons (Fsp3) is 0.667. The summed E-state index contributed by atoms with van der Waals surface area (Å²) in [6.45, 7) is 6.94. The van der Waals surface area contributed by atoms with Crippen LogP contribution in [0.1, 0.15) is 66.2 Å². The van der Waals surface area contributed by atoms with Crippen LogP contribution in [0.5, 0.6) is 0 Å². The molecule has 0 aromatic rings. The lowest BCUT2D eigenvalue weighted by Gasteiger charge is -2.43. The smallest absolute Gasteiger partial charge is 0.338 e. The number of hydrogen-bond donors (Lipinski definition) is 3. The Morgan fingerprint density at radius 2 is 1.44 bits per heavy atom. The molecule has 3 N–H and O–H groups in total. The van der Waals surface area contributed by atoms with Crippen LogP contribution in [0.25, 0.3) is 0 Å². The van der Waals surface area contributed by atoms with Crippen LogP contribution in [-0.2, 0) is 28.7 Å². The van der Waals surface area contributed by atoms with Gasteiger partial charge in [0.25, 0.3) is 0 Å². The number of hydrogen-bond acceptors (Lipinski definition) is 9. The fourth-order valence-corrected chi connectivity index (χ4v) is 8.56. The van der Waals surface area contributed by atoms with Gasteiger partial charge in [-0.3, -0.25) is 9.59 Å². The number of allylic oxidation sites excluding steroid dienone is 2. The van der Waals surface area contributed by atoms with Crippen LogP contribution in [0.3, 0.4) is 0 Å². The molecule has 9 nitrogen and oxygen atoms in total. The van der Waals surface area contributed by atoms with Crippen molar-refractivity contribution >= 4 is 23.5 Å². The van der Waals surface area contributed by atoms with Crippen molar-refractivity contribution < 1.29 is 44.0 Å². The van der Waals surface area contributed by atoms with Crippen molar-refractivity contribution in [3.8, 4) is 0 Å². The Bertz CT molecular complexity index is 1290. The van der Waals surface area contributed by atoms with E-state index < -0.39 is 57.7 Å². The van der Waals surface area contributed by atoms with Crippen LogP contribution in [0.15, 0.2) is 35.5 Å². The van der Waals surface area contributed by atoms with Crippen molar-refractivity contribution in [2.24, 2.45) is 28.6 Å². The van der Waals surface area contributed by atoms with E-state index in [1.54, 1.807) is 13.8 Å². The van der Waals surface area contributed by atoms with Crippen LogP contribution in [0.4, 0.5) is 0 Å². The molecule has 2 aliphatic heterocycles. The molecule has 9 heteroatoms. The maximum atomic E-state index is 13.2. The standard InChI is InChI=1S/C30H36O9/c1-15-5-7-17-18(24(33)38-22(17)26(3)20(31)10-13-29(15,26)36)9-12-28(35)19-8-6-16(2)30(37)14-11-21(32)27(30,4)23(19)39-25(28)34/h10-11,13-16,19,22-23,35-37H,5-9,12H2,1-4H3. The number of esters is 2. The van der Waals surface area contributed by atoms with E-state index >= 15 is 0 Å². The minimum absolute atomic E-state index is 0.00667. The van der Waals surface area contributed by atoms with Gasteiger partial charge >= 0.3 is 11.9 Å². The maximum Gasteiger partial charge on any atom is 0.338 e. The Kier molecular flexibility index (Phi) is 5.44. The van der Waals surface area contributed by atoms with E-state index in [9.17, 15) is 34.5 Å². The Labute approximate surface area is 226 Å². The van der Waals surface area contributed by atoms with E-state index in [1.165, 1.54) is 24.3 Å². The van der Waals surface area contributed by atoms with Crippen molar-refractivity contribution in [3.05, 3.63) is 35.5 Å². The third-order valence-electron chi connectivity index (χ3n) is 11.5. The zero-order valence-corrected chi connectivity index (χ0v) is 22.7. The van der Waals surface area contributed by atoms with Gasteiger partial charge in [0.2, 0.25) is 0 Å². The predicted molar refractivity (Wildman–Crippen MR) is 136 cm³/mol. The lowest BCUT2D eigenvalue weighted by Crippen LogP contribution is -2.57. The van der Waals surface area contributed by atoms with E-state index in [-0.39, 0.29) is 36.2 Å². The lowest BCUT2D eigenvalue weighted by molar-refractivity contribution is -0.169. The molecule has 2 heterocycles. The predicted octanol–water partition coefficient (Wildman–Crippen LogP) is 1.87. The molecule has 0 aromatic heterocycles. The van der Waals surface area contributed by atoms with Gasteiger partial charge in [-0.1, -0.05) is 13.8 Å². The van der Waals surface area contributed by atoms with Gasteiger partial charge in [-0.15, -0.1) is 0 Å². The number of aliphatic hydroxyl groups is 3. The minimum Gasteiger partial charge on any atom is -0.459 e. The van der Waals surface area contributed by atoms with Crippen molar-refractivity contribution in [1.29, 1.82) is 0 Å². The van der Waals surface area contributed by atoms with E-state index in [1.807, 2.05) is 13.8 Å². The molecular formula is C30H36O9. The minimum atomic E-state index is -1.97. The summed E-state index contributed by atoms with van der Waals surface area (Å²) >= 11 is 0. The molecule has 0 amide bonds. The Morgan fingerprint density at radius 3 is 2.10 bits per heavy atom. The van der Waals surface area contributed by atoms with Gasteiger partial charge in [-0.25, -0.2) is 9.59 Å². The van der Waals surface area contributed by atoms with Gasteiger partial charge in [0.1, 0.15) is 28.8 Å². The van der Waals surface area contributed by atoms with E-state index in [4.69, 9.17) is 9.47 Å². The van der Waals surface area contributed by atoms with Crippen LogP contribution in [0.2, 0.25) is 0 Å². The first-order valence-corrected chi connectivity index (χ1v) is 13.9. The number of carbonyl (C=O) groups is 4. The molecular weight excluding hydrogens is 504 g/mol. The summed E-state index contributed by atoms with van der Waals surface area (Å²) < 4.78 is 11.5. The number of rotatable bonds is 3. The zero-order valence-electron chi connectivity index (χ0n) is 22.7. The van der Waals surface area contributed by atoms with Gasteiger partial charge in [0, 0.05) is 11.5 Å². The molecule has 10 atom stereocenters. The number of ether oxygens (including phenoxy) is 2. The van der Waals surface area contributed by atoms with Crippen molar-refractivity contribution in [2.75, 3.05) is 0 Å². The molecule has 0 spiro atoms. The summed E-state index contributed by atoms with van der Waals surface area (Å²) in [6, 6.07) is 0. The monoisotopic (exact) mass is 540 g/mol. The zero-order chi connectivity index (χ0) is 28.3. The van der Waals surface area contributed by atoms with Gasteiger partial charge < -0.3 is 24.8 Å². The highest BCUT2D eigenvalue weighted by Gasteiger charge is 2.71. The highest BCUT2D eigenvalue weighted by atomic mass is 16.6. The summed E-state index contributed by atoms with van der Waals surface area (Å²) in [7, 11) is 0. The SMILES string of the molecule is CC1CCC2=C(CCC3(O)C(=O)OC4C3CCC(C)C3(O)C=CC(=O)C43C)C(=O)OC2C2(C)C(=O)C=CC12O. The summed E-state index contributed by atoms with van der Waals surface area (Å²) in [4.78, 5) is 52.5. The molecule has 6 aliphatic rings. The summed E-state index contributed by atoms with van der Waals surface area (Å²) in [5, 5.41) is 34.9. The number of ketones is 2. The van der Waals surface area contributed by atoms with Crippen LogP contribution in [0, 0.1) is 28.6 Å². The average molecular weight is 541 g/mol. The molecule has 210 valence electrons. The molecule has 6 rings (SSSR count). The van der Waals surface area contributed by atoms with Crippen molar-refractivity contribution in [2.45, 2.75) is 95.2 Å². The van der Waals surface area contributed by atoms with Crippen LogP contribution < -0.4 is 0 Å². The van der Waals surface area contributed by atoms with Crippen molar-refractivity contribution in [3.63, 3.8) is 0 Å². The molecule has 2 saturated carbocycles. The molecule has 1 saturated heterocycles. The summed E-state index contributed by atoms with van der Waals surface area (Å²) in [5.41, 5.74) is -6.80. The van der Waals surface area contributed by atoms with Gasteiger partial charge in [-0.05, 0) is 94.1 Å². The number of fused-ring (bicyclic) bond motifs is 6. The average Bonchev–Trinajstić information content (AvgIpc) is 3.48. The third-order valence-corrected chi connectivity index (χ3v) is 11.5. The van der Waals surface area contributed by atoms with E-state index in [0.29, 0.717) is 36.8 Å². The molecule has 0 bridgehead atoms. The van der Waals surface area contributed by atoms with Gasteiger partial charge in [0.15, 0.2) is 17.2 Å². The largest absolute Gasteiger partial charge is 0.459 e. The molecule has 10 unspecified atom stereocenters. The maximum absolute atomic E-state index is 13.2. The second-order valence-electron chi connectivity index (χ2n) is 13.0. The Hall–Kier alpha value is -2.62. The van der Waals surface area contributed by atoms with Crippen LogP contribution >= 0.6 is 0 Å². The van der Waals surface area contributed by atoms with Gasteiger partial charge in [0.05, 0.1) is 5.41 Å². The fourth-order valence-electron chi connectivity index (χ4n) is 8.56. The van der Waals surface area contributed by atoms with Gasteiger partial charge in [-0.2, -0.15) is 0 Å². The van der Waals surface area contributed by atoms with E-state index in [2.05, 4.69) is 0 Å². The normalized spacial score (nSPS) is 50.3. The molecule has 39 heavy (non-hydrogen) atoms.